The van der Waals surface area contributed by atoms with Crippen molar-refractivity contribution in [1.29, 1.82) is 0 Å². The average Bonchev–Trinajstić information content (AvgIpc) is 2.66. The Hall–Kier alpha value is -0.570. The maximum atomic E-state index is 8.49. The fourth-order valence-corrected chi connectivity index (χ4v) is 3.77. The summed E-state index contributed by atoms with van der Waals surface area (Å²) < 4.78 is 0. The normalized spacial score (nSPS) is 10.1. The van der Waals surface area contributed by atoms with Crippen molar-refractivity contribution < 1.29 is 5.11 Å². The lowest BCUT2D eigenvalue weighted by Gasteiger charge is -2.03. The van der Waals surface area contributed by atoms with Crippen LogP contribution in [0.3, 0.4) is 0 Å². The third-order valence-electron chi connectivity index (χ3n) is 4.63. The molecule has 0 rings (SSSR count). The van der Waals surface area contributed by atoms with Crippen molar-refractivity contribution in [2.24, 2.45) is 0 Å². The van der Waals surface area contributed by atoms with E-state index in [2.05, 4.69) is 30.6 Å². The Morgan fingerprint density at radius 3 is 1.46 bits per heavy atom. The molecule has 0 aromatic rings. The molecule has 0 amide bonds. The topological polar surface area (TPSA) is 20.2 Å². The lowest BCUT2D eigenvalue weighted by atomic mass is 10.0. The van der Waals surface area contributed by atoms with E-state index in [-0.39, 0.29) is 6.61 Å². The van der Waals surface area contributed by atoms with E-state index in [0.29, 0.717) is 0 Å². The van der Waals surface area contributed by atoms with E-state index in [1.54, 1.807) is 0 Å². The Labute approximate surface area is 168 Å². The van der Waals surface area contributed by atoms with Gasteiger partial charge in [0.25, 0.3) is 0 Å². The standard InChI is InChI=1S/C24H42OS/c1-2-3-4-5-6-7-8-9-10-11-12-13-14-15-17-20-23-26-24-21-18-16-19-22-25/h25H,2-15,17,20,22-24H2,1H3. The molecule has 0 aliphatic rings. The number of thioether (sulfide) groups is 1. The van der Waals surface area contributed by atoms with Gasteiger partial charge in [-0.25, -0.2) is 0 Å². The van der Waals surface area contributed by atoms with Crippen LogP contribution in [0.25, 0.3) is 0 Å². The molecule has 0 saturated carbocycles. The quantitative estimate of drug-likeness (QED) is 0.205. The second-order valence-electron chi connectivity index (χ2n) is 7.12. The molecule has 0 aliphatic carbocycles. The second kappa shape index (κ2) is 24.4. The molecule has 0 heterocycles. The van der Waals surface area contributed by atoms with Crippen LogP contribution in [0.5, 0.6) is 0 Å². The summed E-state index contributed by atoms with van der Waals surface area (Å²) in [6.45, 7) is 2.19. The maximum absolute atomic E-state index is 8.49. The smallest absolute Gasteiger partial charge is 0.105 e. The van der Waals surface area contributed by atoms with Crippen molar-refractivity contribution in [1.82, 2.24) is 0 Å². The molecule has 0 radical (unpaired) electrons. The zero-order chi connectivity index (χ0) is 19.0. The number of aliphatic hydroxyl groups excluding tert-OH is 1. The Morgan fingerprint density at radius 2 is 1.00 bits per heavy atom. The third-order valence-corrected chi connectivity index (χ3v) is 5.56. The van der Waals surface area contributed by atoms with Gasteiger partial charge in [-0.2, -0.15) is 0 Å². The van der Waals surface area contributed by atoms with Gasteiger partial charge in [-0.15, -0.1) is 11.8 Å². The number of unbranched alkanes of at least 4 members (excludes halogenated alkanes) is 15. The van der Waals surface area contributed by atoms with Crippen LogP contribution < -0.4 is 0 Å². The van der Waals surface area contributed by atoms with Crippen molar-refractivity contribution >= 4 is 11.8 Å². The van der Waals surface area contributed by atoms with Gasteiger partial charge in [0.05, 0.1) is 5.75 Å². The molecular weight excluding hydrogens is 336 g/mol. The van der Waals surface area contributed by atoms with Crippen LogP contribution in [-0.2, 0) is 0 Å². The largest absolute Gasteiger partial charge is 0.384 e. The molecule has 0 unspecified atom stereocenters. The van der Waals surface area contributed by atoms with Crippen molar-refractivity contribution in [2.45, 2.75) is 110 Å². The van der Waals surface area contributed by atoms with E-state index in [1.807, 2.05) is 11.8 Å². The van der Waals surface area contributed by atoms with Crippen LogP contribution in [0.15, 0.2) is 0 Å². The molecule has 1 nitrogen and oxygen atoms in total. The minimum absolute atomic E-state index is 0.0962. The van der Waals surface area contributed by atoms with E-state index in [1.165, 1.54) is 108 Å². The van der Waals surface area contributed by atoms with Gasteiger partial charge in [0, 0.05) is 0 Å². The van der Waals surface area contributed by atoms with Gasteiger partial charge in [-0.05, 0) is 24.0 Å². The highest BCUT2D eigenvalue weighted by Crippen LogP contribution is 2.14. The summed E-state index contributed by atoms with van der Waals surface area (Å²) in [4.78, 5) is 0. The third kappa shape index (κ3) is 23.4. The molecule has 0 spiro atoms. The summed E-state index contributed by atoms with van der Waals surface area (Å²) in [5.74, 6) is 13.0. The minimum Gasteiger partial charge on any atom is -0.384 e. The van der Waals surface area contributed by atoms with E-state index in [4.69, 9.17) is 5.11 Å². The van der Waals surface area contributed by atoms with Crippen molar-refractivity contribution in [2.75, 3.05) is 18.1 Å². The molecule has 0 aromatic carbocycles. The van der Waals surface area contributed by atoms with Crippen molar-refractivity contribution in [3.05, 3.63) is 0 Å². The van der Waals surface area contributed by atoms with Gasteiger partial charge < -0.3 is 5.11 Å². The zero-order valence-electron chi connectivity index (χ0n) is 17.3. The number of hydrogen-bond acceptors (Lipinski definition) is 2. The molecule has 0 aliphatic heterocycles. The average molecular weight is 379 g/mol. The first-order valence-corrected chi connectivity index (χ1v) is 12.2. The monoisotopic (exact) mass is 378 g/mol. The summed E-state index contributed by atoms with van der Waals surface area (Å²) in [6, 6.07) is 0. The molecule has 1 N–H and O–H groups in total. The van der Waals surface area contributed by atoms with E-state index in [0.717, 1.165) is 5.75 Å². The van der Waals surface area contributed by atoms with E-state index < -0.39 is 0 Å². The number of aliphatic hydroxyl groups is 1. The first kappa shape index (κ1) is 25.4. The van der Waals surface area contributed by atoms with Crippen molar-refractivity contribution in [3.8, 4) is 23.7 Å². The Bertz CT molecular complexity index is 382. The second-order valence-corrected chi connectivity index (χ2v) is 8.22. The predicted molar refractivity (Wildman–Crippen MR) is 120 cm³/mol. The van der Waals surface area contributed by atoms with Crippen LogP contribution in [0.1, 0.15) is 110 Å². The molecule has 26 heavy (non-hydrogen) atoms. The summed E-state index contributed by atoms with van der Waals surface area (Å²) >= 11 is 1.89. The number of rotatable bonds is 18. The van der Waals surface area contributed by atoms with Crippen LogP contribution >= 0.6 is 11.8 Å². The molecule has 0 atom stereocenters. The summed E-state index contributed by atoms with van der Waals surface area (Å²) in [6.07, 6.45) is 22.8. The molecule has 0 aromatic heterocycles. The van der Waals surface area contributed by atoms with E-state index in [9.17, 15) is 0 Å². The van der Waals surface area contributed by atoms with Gasteiger partial charge >= 0.3 is 0 Å². The Kier molecular flexibility index (Phi) is 23.9. The maximum Gasteiger partial charge on any atom is 0.105 e. The Morgan fingerprint density at radius 1 is 0.577 bits per heavy atom. The molecular formula is C24H42OS. The predicted octanol–water partition coefficient (Wildman–Crippen LogP) is 6.98. The van der Waals surface area contributed by atoms with Gasteiger partial charge in [0.1, 0.15) is 6.61 Å². The van der Waals surface area contributed by atoms with Crippen LogP contribution in [0, 0.1) is 23.7 Å². The van der Waals surface area contributed by atoms with Gasteiger partial charge in [0.2, 0.25) is 0 Å². The van der Waals surface area contributed by atoms with Crippen LogP contribution in [0.2, 0.25) is 0 Å². The Balaban J connectivity index is 3.05. The molecule has 0 bridgehead atoms. The fraction of sp³-hybridized carbons (Fsp3) is 0.833. The molecule has 150 valence electrons. The fourth-order valence-electron chi connectivity index (χ4n) is 3.04. The highest BCUT2D eigenvalue weighted by Gasteiger charge is 1.94. The van der Waals surface area contributed by atoms with Crippen LogP contribution in [0.4, 0.5) is 0 Å². The van der Waals surface area contributed by atoms with Gasteiger partial charge in [0.15, 0.2) is 0 Å². The summed E-state index contributed by atoms with van der Waals surface area (Å²) in [5, 5.41) is 8.49. The highest BCUT2D eigenvalue weighted by atomic mass is 32.2. The SMILES string of the molecule is CCCCCCCCCCCCCCCCCCSCC#CC#CCO. The first-order chi connectivity index (χ1) is 12.9. The zero-order valence-corrected chi connectivity index (χ0v) is 18.1. The van der Waals surface area contributed by atoms with Gasteiger partial charge in [-0.1, -0.05) is 115 Å². The minimum atomic E-state index is -0.0962. The lowest BCUT2D eigenvalue weighted by Crippen LogP contribution is -1.85. The lowest BCUT2D eigenvalue weighted by molar-refractivity contribution is 0.350. The van der Waals surface area contributed by atoms with Gasteiger partial charge in [-0.3, -0.25) is 0 Å². The molecule has 2 heteroatoms. The molecule has 0 saturated heterocycles. The van der Waals surface area contributed by atoms with E-state index >= 15 is 0 Å². The molecule has 0 fully saturated rings. The van der Waals surface area contributed by atoms with Crippen molar-refractivity contribution in [3.63, 3.8) is 0 Å². The summed E-state index contributed by atoms with van der Waals surface area (Å²) in [7, 11) is 0. The highest BCUT2D eigenvalue weighted by molar-refractivity contribution is 7.99. The van der Waals surface area contributed by atoms with Crippen LogP contribution in [-0.4, -0.2) is 23.2 Å². The summed E-state index contributed by atoms with van der Waals surface area (Å²) in [5.41, 5.74) is 0. The first-order valence-electron chi connectivity index (χ1n) is 11.1. The number of hydrogen-bond donors (Lipinski definition) is 1.